The van der Waals surface area contributed by atoms with E-state index in [1.165, 1.54) is 23.4 Å². The highest BCUT2D eigenvalue weighted by Crippen LogP contribution is 2.10. The van der Waals surface area contributed by atoms with Gasteiger partial charge in [0, 0.05) is 6.54 Å². The van der Waals surface area contributed by atoms with E-state index in [1.807, 2.05) is 25.1 Å². The summed E-state index contributed by atoms with van der Waals surface area (Å²) in [4.78, 5) is 11.0. The fraction of sp³-hybridized carbons (Fsp3) is 0.214. The minimum absolute atomic E-state index is 0.138. The Hall–Kier alpha value is -2.43. The van der Waals surface area contributed by atoms with E-state index in [1.54, 1.807) is 0 Å². The van der Waals surface area contributed by atoms with Crippen LogP contribution in [0.25, 0.3) is 0 Å². The first-order valence-electron chi connectivity index (χ1n) is 6.01. The number of hydrogen-bond donors (Lipinski definition) is 2. The minimum atomic E-state index is -1.01. The van der Waals surface area contributed by atoms with Crippen molar-refractivity contribution in [3.63, 3.8) is 0 Å². The van der Waals surface area contributed by atoms with Crippen molar-refractivity contribution in [3.8, 4) is 0 Å². The second-order valence-corrected chi connectivity index (χ2v) is 4.26. The van der Waals surface area contributed by atoms with E-state index in [-0.39, 0.29) is 5.56 Å². The Balaban J connectivity index is 1.98. The van der Waals surface area contributed by atoms with E-state index in [9.17, 15) is 4.79 Å². The lowest BCUT2D eigenvalue weighted by Crippen LogP contribution is -2.11. The van der Waals surface area contributed by atoms with Gasteiger partial charge in [-0.05, 0) is 25.0 Å². The maximum Gasteiger partial charge on any atom is 0.339 e. The number of carbonyl (C=O) groups is 1. The van der Waals surface area contributed by atoms with Crippen molar-refractivity contribution >= 4 is 11.8 Å². The maximum absolute atomic E-state index is 11.0. The van der Waals surface area contributed by atoms with E-state index < -0.39 is 5.97 Å². The van der Waals surface area contributed by atoms with Crippen LogP contribution >= 0.6 is 0 Å². The highest BCUT2D eigenvalue weighted by atomic mass is 16.4. The molecule has 0 saturated heterocycles. The quantitative estimate of drug-likeness (QED) is 0.858. The Morgan fingerprint density at radius 1 is 1.37 bits per heavy atom. The van der Waals surface area contributed by atoms with Crippen LogP contribution in [0.15, 0.2) is 36.5 Å². The summed E-state index contributed by atoms with van der Waals surface area (Å²) in [7, 11) is 0. The molecule has 0 unspecified atom stereocenters. The fourth-order valence-electron chi connectivity index (χ4n) is 1.83. The summed E-state index contributed by atoms with van der Waals surface area (Å²) in [5.74, 6) is -0.699. The molecule has 2 aromatic rings. The van der Waals surface area contributed by atoms with Crippen molar-refractivity contribution in [2.24, 2.45) is 0 Å². The first-order valence-corrected chi connectivity index (χ1v) is 6.01. The Labute approximate surface area is 111 Å². The number of carboxylic acid groups (broad SMARTS) is 1. The summed E-state index contributed by atoms with van der Waals surface area (Å²) < 4.78 is 0. The third-order valence-corrected chi connectivity index (χ3v) is 2.74. The molecule has 2 N–H and O–H groups in total. The Kier molecular flexibility index (Phi) is 4.07. The average Bonchev–Trinajstić information content (AvgIpc) is 2.39. The number of nitrogens with zero attached hydrogens (tertiary/aromatic N) is 2. The molecule has 0 amide bonds. The van der Waals surface area contributed by atoms with Gasteiger partial charge in [0.05, 0.1) is 6.20 Å². The third-order valence-electron chi connectivity index (χ3n) is 2.74. The van der Waals surface area contributed by atoms with E-state index in [4.69, 9.17) is 5.11 Å². The summed E-state index contributed by atoms with van der Waals surface area (Å²) in [5, 5.41) is 19.5. The third kappa shape index (κ3) is 3.51. The summed E-state index contributed by atoms with van der Waals surface area (Å²) >= 11 is 0. The van der Waals surface area contributed by atoms with Gasteiger partial charge in [-0.3, -0.25) is 0 Å². The largest absolute Gasteiger partial charge is 0.478 e. The zero-order valence-electron chi connectivity index (χ0n) is 10.6. The smallest absolute Gasteiger partial charge is 0.339 e. The van der Waals surface area contributed by atoms with Crippen molar-refractivity contribution in [1.82, 2.24) is 10.2 Å². The van der Waals surface area contributed by atoms with E-state index >= 15 is 0 Å². The average molecular weight is 257 g/mol. The van der Waals surface area contributed by atoms with Gasteiger partial charge >= 0.3 is 5.97 Å². The first-order chi connectivity index (χ1) is 9.16. The normalized spacial score (nSPS) is 10.2. The molecule has 5 nitrogen and oxygen atoms in total. The van der Waals surface area contributed by atoms with Gasteiger partial charge in [-0.15, -0.1) is 5.10 Å². The molecule has 19 heavy (non-hydrogen) atoms. The number of aryl methyl sites for hydroxylation is 1. The van der Waals surface area contributed by atoms with Crippen LogP contribution in [0.3, 0.4) is 0 Å². The van der Waals surface area contributed by atoms with Gasteiger partial charge in [0.1, 0.15) is 5.56 Å². The predicted molar refractivity (Wildman–Crippen MR) is 72.4 cm³/mol. The van der Waals surface area contributed by atoms with Crippen molar-refractivity contribution in [3.05, 3.63) is 53.2 Å². The molecule has 1 aromatic carbocycles. The van der Waals surface area contributed by atoms with E-state index in [0.717, 1.165) is 6.42 Å². The number of carboxylic acids is 1. The zero-order chi connectivity index (χ0) is 13.7. The van der Waals surface area contributed by atoms with Crippen LogP contribution in [-0.2, 0) is 6.42 Å². The summed E-state index contributed by atoms with van der Waals surface area (Å²) in [5.41, 5.74) is 2.55. The number of benzene rings is 1. The van der Waals surface area contributed by atoms with Crippen molar-refractivity contribution < 1.29 is 9.90 Å². The summed E-state index contributed by atoms with van der Waals surface area (Å²) in [6, 6.07) is 9.64. The van der Waals surface area contributed by atoms with Crippen LogP contribution in [-0.4, -0.2) is 27.8 Å². The van der Waals surface area contributed by atoms with Crippen LogP contribution in [0.5, 0.6) is 0 Å². The van der Waals surface area contributed by atoms with Crippen LogP contribution in [0.1, 0.15) is 21.5 Å². The van der Waals surface area contributed by atoms with E-state index in [2.05, 4.69) is 21.6 Å². The Morgan fingerprint density at radius 3 is 2.95 bits per heavy atom. The molecule has 1 aromatic heterocycles. The molecular formula is C14H15N3O2. The molecule has 0 saturated carbocycles. The zero-order valence-corrected chi connectivity index (χ0v) is 10.6. The van der Waals surface area contributed by atoms with Crippen LogP contribution in [0.2, 0.25) is 0 Å². The molecule has 0 aliphatic carbocycles. The Bertz CT molecular complexity index is 584. The lowest BCUT2D eigenvalue weighted by molar-refractivity contribution is 0.0697. The van der Waals surface area contributed by atoms with Gasteiger partial charge in [-0.25, -0.2) is 4.79 Å². The number of rotatable bonds is 5. The Morgan fingerprint density at radius 2 is 2.21 bits per heavy atom. The molecule has 0 atom stereocenters. The standard InChI is InChI=1S/C14H15N3O2/c1-10-3-2-4-11(9-10)5-7-15-13-12(14(18)19)6-8-16-17-13/h2-4,6,8-9H,5,7H2,1H3,(H,15,17)(H,18,19). The monoisotopic (exact) mass is 257 g/mol. The maximum atomic E-state index is 11.0. The number of aromatic nitrogens is 2. The van der Waals surface area contributed by atoms with Gasteiger partial charge in [0.15, 0.2) is 5.82 Å². The predicted octanol–water partition coefficient (Wildman–Crippen LogP) is 2.14. The number of hydrogen-bond acceptors (Lipinski definition) is 4. The summed E-state index contributed by atoms with van der Waals surface area (Å²) in [6.45, 7) is 2.66. The van der Waals surface area contributed by atoms with Crippen molar-refractivity contribution in [1.29, 1.82) is 0 Å². The fourth-order valence-corrected chi connectivity index (χ4v) is 1.83. The highest BCUT2D eigenvalue weighted by molar-refractivity contribution is 5.92. The molecular weight excluding hydrogens is 242 g/mol. The summed E-state index contributed by atoms with van der Waals surface area (Å²) in [6.07, 6.45) is 2.17. The van der Waals surface area contributed by atoms with Crippen molar-refractivity contribution in [2.45, 2.75) is 13.3 Å². The molecule has 0 fully saturated rings. The molecule has 0 spiro atoms. The molecule has 2 rings (SSSR count). The number of aromatic carboxylic acids is 1. The highest BCUT2D eigenvalue weighted by Gasteiger charge is 2.10. The SMILES string of the molecule is Cc1cccc(CCNc2nnccc2C(=O)O)c1. The molecule has 98 valence electrons. The van der Waals surface area contributed by atoms with Gasteiger partial charge in [-0.2, -0.15) is 5.10 Å². The molecule has 0 aliphatic rings. The van der Waals surface area contributed by atoms with Crippen LogP contribution in [0.4, 0.5) is 5.82 Å². The molecule has 5 heteroatoms. The first kappa shape index (κ1) is 13.0. The van der Waals surface area contributed by atoms with Gasteiger partial charge < -0.3 is 10.4 Å². The topological polar surface area (TPSA) is 75.1 Å². The minimum Gasteiger partial charge on any atom is -0.478 e. The molecule has 0 radical (unpaired) electrons. The van der Waals surface area contributed by atoms with Gasteiger partial charge in [0.25, 0.3) is 0 Å². The van der Waals surface area contributed by atoms with Crippen LogP contribution in [0, 0.1) is 6.92 Å². The second-order valence-electron chi connectivity index (χ2n) is 4.26. The van der Waals surface area contributed by atoms with Crippen LogP contribution < -0.4 is 5.32 Å². The second kappa shape index (κ2) is 5.95. The lowest BCUT2D eigenvalue weighted by Gasteiger charge is -2.07. The lowest BCUT2D eigenvalue weighted by atomic mass is 10.1. The number of nitrogens with one attached hydrogen (secondary N) is 1. The van der Waals surface area contributed by atoms with Crippen molar-refractivity contribution in [2.75, 3.05) is 11.9 Å². The number of anilines is 1. The molecule has 1 heterocycles. The van der Waals surface area contributed by atoms with E-state index in [0.29, 0.717) is 12.4 Å². The molecule has 0 bridgehead atoms. The van der Waals surface area contributed by atoms with Gasteiger partial charge in [0.2, 0.25) is 0 Å². The molecule has 0 aliphatic heterocycles. The van der Waals surface area contributed by atoms with Gasteiger partial charge in [-0.1, -0.05) is 29.8 Å².